The van der Waals surface area contributed by atoms with Crippen molar-refractivity contribution in [3.63, 3.8) is 0 Å². The molecule has 1 rings (SSSR count). The maximum Gasteiger partial charge on any atom is 0.239 e. The molecule has 6 heteroatoms. The Kier molecular flexibility index (Phi) is 9.49. The highest BCUT2D eigenvalue weighted by atomic mass is 35.5. The lowest BCUT2D eigenvalue weighted by molar-refractivity contribution is -0.125. The van der Waals surface area contributed by atoms with E-state index in [2.05, 4.69) is 5.32 Å². The molecule has 120 valence electrons. The Bertz CT molecular complexity index is 452. The third-order valence-electron chi connectivity index (χ3n) is 3.07. The van der Waals surface area contributed by atoms with E-state index in [1.165, 1.54) is 0 Å². The van der Waals surface area contributed by atoms with Gasteiger partial charge in [0.05, 0.1) is 5.54 Å². The average molecular weight is 333 g/mol. The third kappa shape index (κ3) is 7.60. The number of hydrogen-bond acceptors (Lipinski definition) is 3. The highest BCUT2D eigenvalue weighted by molar-refractivity contribution is 7.84. The Morgan fingerprint density at radius 1 is 1.33 bits per heavy atom. The minimum absolute atomic E-state index is 0. The fourth-order valence-electron chi connectivity index (χ4n) is 1.95. The second kappa shape index (κ2) is 9.92. The predicted molar refractivity (Wildman–Crippen MR) is 90.9 cm³/mol. The van der Waals surface area contributed by atoms with Gasteiger partial charge < -0.3 is 11.1 Å². The summed E-state index contributed by atoms with van der Waals surface area (Å²) >= 11 is 0. The Labute approximate surface area is 135 Å². The van der Waals surface area contributed by atoms with Crippen molar-refractivity contribution in [2.45, 2.75) is 38.0 Å². The van der Waals surface area contributed by atoms with Gasteiger partial charge in [-0.25, -0.2) is 0 Å². The Balaban J connectivity index is 0.00000400. The first-order valence-corrected chi connectivity index (χ1v) is 8.40. The number of hydrogen-bond donors (Lipinski definition) is 2. The molecule has 0 spiro atoms. The lowest BCUT2D eigenvalue weighted by Gasteiger charge is -2.22. The summed E-state index contributed by atoms with van der Waals surface area (Å²) in [7, 11) is -0.973. The zero-order chi connectivity index (χ0) is 15.0. The molecule has 0 aromatic heterocycles. The molecule has 3 N–H and O–H groups in total. The third-order valence-corrected chi connectivity index (χ3v) is 4.39. The van der Waals surface area contributed by atoms with E-state index in [0.29, 0.717) is 24.5 Å². The lowest BCUT2D eigenvalue weighted by Crippen LogP contribution is -2.52. The van der Waals surface area contributed by atoms with Gasteiger partial charge in [0.1, 0.15) is 0 Å². The molecule has 21 heavy (non-hydrogen) atoms. The van der Waals surface area contributed by atoms with E-state index in [1.807, 2.05) is 37.3 Å². The van der Waals surface area contributed by atoms with Crippen molar-refractivity contribution in [3.8, 4) is 0 Å². The fourth-order valence-corrected chi connectivity index (χ4v) is 2.98. The van der Waals surface area contributed by atoms with Gasteiger partial charge in [0.25, 0.3) is 0 Å². The van der Waals surface area contributed by atoms with Crippen LogP contribution in [0.3, 0.4) is 0 Å². The molecule has 1 aromatic rings. The van der Waals surface area contributed by atoms with Gasteiger partial charge in [-0.2, -0.15) is 0 Å². The Morgan fingerprint density at radius 2 is 1.95 bits per heavy atom. The van der Waals surface area contributed by atoms with Crippen LogP contribution in [-0.4, -0.2) is 28.0 Å². The molecule has 0 saturated carbocycles. The number of halogens is 1. The van der Waals surface area contributed by atoms with Crippen LogP contribution in [0.2, 0.25) is 0 Å². The molecule has 0 radical (unpaired) electrons. The van der Waals surface area contributed by atoms with E-state index < -0.39 is 16.3 Å². The minimum atomic E-state index is -0.973. The minimum Gasteiger partial charge on any atom is -0.354 e. The van der Waals surface area contributed by atoms with Crippen molar-refractivity contribution in [1.29, 1.82) is 0 Å². The molecule has 2 unspecified atom stereocenters. The van der Waals surface area contributed by atoms with Gasteiger partial charge in [-0.15, -0.1) is 12.4 Å². The van der Waals surface area contributed by atoms with Crippen molar-refractivity contribution >= 4 is 29.1 Å². The van der Waals surface area contributed by atoms with Crippen LogP contribution in [0.25, 0.3) is 0 Å². The maximum absolute atomic E-state index is 11.9. The number of rotatable bonds is 8. The van der Waals surface area contributed by atoms with E-state index in [4.69, 9.17) is 5.73 Å². The van der Waals surface area contributed by atoms with Crippen LogP contribution in [0.5, 0.6) is 0 Å². The molecular weight excluding hydrogens is 308 g/mol. The summed E-state index contributed by atoms with van der Waals surface area (Å²) in [6, 6.07) is 9.70. The number of nitrogens with one attached hydrogen (secondary N) is 1. The van der Waals surface area contributed by atoms with Crippen molar-refractivity contribution < 1.29 is 9.00 Å². The van der Waals surface area contributed by atoms with Gasteiger partial charge in [-0.1, -0.05) is 43.7 Å². The predicted octanol–water partition coefficient (Wildman–Crippen LogP) is 1.99. The molecule has 0 aliphatic carbocycles. The number of nitrogens with two attached hydrogens (primary N) is 1. The largest absolute Gasteiger partial charge is 0.354 e. The first-order valence-electron chi connectivity index (χ1n) is 6.92. The number of carbonyl (C=O) groups excluding carboxylic acids is 1. The first kappa shape index (κ1) is 20.1. The van der Waals surface area contributed by atoms with Crippen molar-refractivity contribution in [2.24, 2.45) is 5.73 Å². The van der Waals surface area contributed by atoms with Gasteiger partial charge in [-0.05, 0) is 18.9 Å². The van der Waals surface area contributed by atoms with Gasteiger partial charge in [-0.3, -0.25) is 9.00 Å². The standard InChI is InChI=1S/C15H24N2O2S.ClH/c1-3-9-15(2,16)14(18)17-10-11-20(19)12-13-7-5-4-6-8-13;/h4-8H,3,9-12,16H2,1-2H3,(H,17,18);1H. The quantitative estimate of drug-likeness (QED) is 0.764. The van der Waals surface area contributed by atoms with E-state index >= 15 is 0 Å². The van der Waals surface area contributed by atoms with Crippen LogP contribution in [-0.2, 0) is 21.3 Å². The molecule has 0 bridgehead atoms. The van der Waals surface area contributed by atoms with Gasteiger partial charge >= 0.3 is 0 Å². The van der Waals surface area contributed by atoms with Crippen molar-refractivity contribution in [3.05, 3.63) is 35.9 Å². The molecule has 1 amide bonds. The van der Waals surface area contributed by atoms with Crippen LogP contribution in [0.15, 0.2) is 30.3 Å². The topological polar surface area (TPSA) is 72.2 Å². The molecule has 0 fully saturated rings. The molecular formula is C15H25ClN2O2S. The lowest BCUT2D eigenvalue weighted by atomic mass is 9.97. The van der Waals surface area contributed by atoms with Crippen molar-refractivity contribution in [1.82, 2.24) is 5.32 Å². The summed E-state index contributed by atoms with van der Waals surface area (Å²) < 4.78 is 11.9. The van der Waals surface area contributed by atoms with Gasteiger partial charge in [0.2, 0.25) is 5.91 Å². The summed E-state index contributed by atoms with van der Waals surface area (Å²) in [5.41, 5.74) is 6.13. The highest BCUT2D eigenvalue weighted by Crippen LogP contribution is 2.08. The molecule has 0 aliphatic rings. The van der Waals surface area contributed by atoms with E-state index in [-0.39, 0.29) is 18.3 Å². The van der Waals surface area contributed by atoms with Gasteiger partial charge in [0, 0.05) is 28.9 Å². The molecule has 0 aliphatic heterocycles. The summed E-state index contributed by atoms with van der Waals surface area (Å²) in [4.78, 5) is 11.9. The van der Waals surface area contributed by atoms with Gasteiger partial charge in [0.15, 0.2) is 0 Å². The Morgan fingerprint density at radius 3 is 2.52 bits per heavy atom. The fraction of sp³-hybridized carbons (Fsp3) is 0.533. The monoisotopic (exact) mass is 332 g/mol. The second-order valence-electron chi connectivity index (χ2n) is 5.20. The number of carbonyl (C=O) groups is 1. The van der Waals surface area contributed by atoms with Crippen LogP contribution in [0.1, 0.15) is 32.3 Å². The zero-order valence-electron chi connectivity index (χ0n) is 12.6. The summed E-state index contributed by atoms with van der Waals surface area (Å²) in [5.74, 6) is 0.796. The van der Waals surface area contributed by atoms with E-state index in [1.54, 1.807) is 6.92 Å². The second-order valence-corrected chi connectivity index (χ2v) is 6.77. The maximum atomic E-state index is 11.9. The molecule has 4 nitrogen and oxygen atoms in total. The van der Waals surface area contributed by atoms with Crippen LogP contribution in [0, 0.1) is 0 Å². The highest BCUT2D eigenvalue weighted by Gasteiger charge is 2.26. The number of benzene rings is 1. The smallest absolute Gasteiger partial charge is 0.239 e. The average Bonchev–Trinajstić information content (AvgIpc) is 2.39. The SMILES string of the molecule is CCCC(C)(N)C(=O)NCCS(=O)Cc1ccccc1.Cl. The van der Waals surface area contributed by atoms with Crippen LogP contribution in [0.4, 0.5) is 0 Å². The van der Waals surface area contributed by atoms with E-state index in [0.717, 1.165) is 12.0 Å². The molecule has 2 atom stereocenters. The molecule has 0 heterocycles. The summed E-state index contributed by atoms with van der Waals surface area (Å²) in [6.45, 7) is 4.12. The Hall–Kier alpha value is -0.910. The first-order chi connectivity index (χ1) is 9.45. The molecule has 1 aromatic carbocycles. The van der Waals surface area contributed by atoms with Crippen LogP contribution < -0.4 is 11.1 Å². The summed E-state index contributed by atoms with van der Waals surface area (Å²) in [5, 5.41) is 2.77. The molecule has 0 saturated heterocycles. The van der Waals surface area contributed by atoms with Crippen LogP contribution >= 0.6 is 12.4 Å². The summed E-state index contributed by atoms with van der Waals surface area (Å²) in [6.07, 6.45) is 1.51. The van der Waals surface area contributed by atoms with Crippen molar-refractivity contribution in [2.75, 3.05) is 12.3 Å². The number of amides is 1. The zero-order valence-corrected chi connectivity index (χ0v) is 14.3. The van der Waals surface area contributed by atoms with E-state index in [9.17, 15) is 9.00 Å². The normalized spacial score (nSPS) is 14.6.